The van der Waals surface area contributed by atoms with Crippen molar-refractivity contribution in [2.75, 3.05) is 7.05 Å². The maximum absolute atomic E-state index is 10.9. The Labute approximate surface area is 156 Å². The number of phenols is 1. The van der Waals surface area contributed by atoms with Crippen molar-refractivity contribution in [2.45, 2.75) is 13.8 Å². The van der Waals surface area contributed by atoms with E-state index in [4.69, 9.17) is 10.2 Å². The first-order valence-corrected chi connectivity index (χ1v) is 5.08. The fraction of sp³-hybridized carbons (Fsp3) is 0.250. The molecule has 96 valence electrons. The number of carboxylic acids is 1. The van der Waals surface area contributed by atoms with Crippen LogP contribution < -0.4 is 69.0 Å². The molecule has 0 saturated carbocycles. The van der Waals surface area contributed by atoms with E-state index in [-0.39, 0.29) is 63.9 Å². The summed E-state index contributed by atoms with van der Waals surface area (Å²) in [7, 11) is 1.50. The van der Waals surface area contributed by atoms with E-state index < -0.39 is 11.7 Å². The van der Waals surface area contributed by atoms with Gasteiger partial charge >= 0.3 is 64.2 Å². The van der Waals surface area contributed by atoms with Crippen LogP contribution in [0, 0.1) is 0 Å². The van der Waals surface area contributed by atoms with E-state index in [1.54, 1.807) is 0 Å². The molecular weight excluding hydrogens is 308 g/mol. The number of carbonyl (C=O) groups is 1. The number of phenolic OH excluding ortho intramolecular Hbond substituents is 1. The Hall–Kier alpha value is -0.205. The Balaban J connectivity index is -0.000000409. The van der Waals surface area contributed by atoms with Gasteiger partial charge in [0.2, 0.25) is 0 Å². The molecule has 0 unspecified atom stereocenters. The van der Waals surface area contributed by atoms with Crippen LogP contribution in [0.3, 0.4) is 0 Å². The zero-order valence-corrected chi connectivity index (χ0v) is 16.1. The van der Waals surface area contributed by atoms with Crippen LogP contribution in [0.5, 0.6) is 11.5 Å². The van der Waals surface area contributed by atoms with Crippen molar-refractivity contribution in [3.05, 3.63) is 29.8 Å². The van der Waals surface area contributed by atoms with Gasteiger partial charge in [0, 0.05) is 6.08 Å². The number of benzene rings is 1. The molecule has 1 rings (SSSR count). The summed E-state index contributed by atoms with van der Waals surface area (Å²) in [5.74, 6) is -1.94. The van der Waals surface area contributed by atoms with Crippen LogP contribution in [0.1, 0.15) is 19.4 Å². The molecule has 0 heterocycles. The minimum absolute atomic E-state index is 0. The van der Waals surface area contributed by atoms with Gasteiger partial charge in [-0.2, -0.15) is 0 Å². The number of aliphatic carboxylic acids is 1. The van der Waals surface area contributed by atoms with Gasteiger partial charge in [0.05, 0.1) is 0 Å². The number of hydrogen-bond donors (Lipinski definition) is 3. The van der Waals surface area contributed by atoms with Crippen LogP contribution in [-0.2, 0) is 4.79 Å². The molecule has 0 aliphatic carbocycles. The van der Waals surface area contributed by atoms with Gasteiger partial charge in [0.1, 0.15) is 5.75 Å². The number of nitrogens with two attached hydrogens (primary N) is 1. The van der Waals surface area contributed by atoms with Crippen molar-refractivity contribution >= 4 is 12.0 Å². The van der Waals surface area contributed by atoms with Gasteiger partial charge in [-0.15, -0.1) is 0 Å². The normalized spacial score (nSPS) is 8.22. The van der Waals surface area contributed by atoms with Crippen molar-refractivity contribution in [1.82, 2.24) is 0 Å². The largest absolute Gasteiger partial charge is 1.00 e. The molecule has 0 saturated heterocycles. The Kier molecular flexibility index (Phi) is 18.9. The monoisotopic (exact) mass is 325 g/mol. The SMILES string of the molecule is CC.CN.O=C(O)/C=C/c1ccc(O)c([O-])c1.[Rb+]. The molecule has 6 heteroatoms. The molecule has 0 aliphatic heterocycles. The van der Waals surface area contributed by atoms with Crippen molar-refractivity contribution in [3.63, 3.8) is 0 Å². The molecule has 0 atom stereocenters. The first-order valence-electron chi connectivity index (χ1n) is 5.08. The quantitative estimate of drug-likeness (QED) is 0.555. The predicted molar refractivity (Wildman–Crippen MR) is 65.7 cm³/mol. The first kappa shape index (κ1) is 22.9. The molecular formula is C12H18NO4Rb. The van der Waals surface area contributed by atoms with Crippen molar-refractivity contribution in [1.29, 1.82) is 0 Å². The molecule has 0 amide bonds. The van der Waals surface area contributed by atoms with E-state index in [2.05, 4.69) is 5.73 Å². The predicted octanol–water partition coefficient (Wildman–Crippen LogP) is -1.83. The van der Waals surface area contributed by atoms with Gasteiger partial charge in [0.15, 0.2) is 0 Å². The molecule has 18 heavy (non-hydrogen) atoms. The van der Waals surface area contributed by atoms with Gasteiger partial charge in [-0.25, -0.2) is 4.79 Å². The number of hydrogen-bond acceptors (Lipinski definition) is 4. The molecule has 0 aromatic heterocycles. The molecule has 0 bridgehead atoms. The van der Waals surface area contributed by atoms with E-state index >= 15 is 0 Å². The molecule has 5 nitrogen and oxygen atoms in total. The molecule has 0 fully saturated rings. The molecule has 4 N–H and O–H groups in total. The van der Waals surface area contributed by atoms with E-state index in [0.29, 0.717) is 5.56 Å². The number of rotatable bonds is 2. The van der Waals surface area contributed by atoms with E-state index in [9.17, 15) is 9.90 Å². The summed E-state index contributed by atoms with van der Waals surface area (Å²) in [4.78, 5) is 10.1. The van der Waals surface area contributed by atoms with Crippen LogP contribution >= 0.6 is 0 Å². The standard InChI is InChI=1S/C9H8O4.C2H6.CH5N.Rb/c10-7-3-1-6(5-8(7)11)2-4-9(12)13;2*1-2;/h1-5,10-11H,(H,12,13);1-2H3;2H2,1H3;/q;;;+1/p-1/b4-2+;;;. The van der Waals surface area contributed by atoms with Crippen molar-refractivity contribution in [3.8, 4) is 11.5 Å². The van der Waals surface area contributed by atoms with Crippen molar-refractivity contribution in [2.24, 2.45) is 5.73 Å². The fourth-order valence-corrected chi connectivity index (χ4v) is 0.802. The van der Waals surface area contributed by atoms with Gasteiger partial charge in [0.25, 0.3) is 0 Å². The second-order valence-corrected chi connectivity index (χ2v) is 2.40. The van der Waals surface area contributed by atoms with Gasteiger partial charge in [-0.05, 0) is 24.8 Å². The smallest absolute Gasteiger partial charge is 0.870 e. The van der Waals surface area contributed by atoms with E-state index in [1.807, 2.05) is 13.8 Å². The number of carboxylic acid groups (broad SMARTS) is 1. The topological polar surface area (TPSA) is 107 Å². The summed E-state index contributed by atoms with van der Waals surface area (Å²) >= 11 is 0. The minimum Gasteiger partial charge on any atom is -0.870 e. The third-order valence-electron chi connectivity index (χ3n) is 1.40. The minimum atomic E-state index is -1.08. The van der Waals surface area contributed by atoms with E-state index in [1.165, 1.54) is 25.3 Å². The first-order chi connectivity index (χ1) is 8.09. The summed E-state index contributed by atoms with van der Waals surface area (Å²) in [6.45, 7) is 4.00. The summed E-state index contributed by atoms with van der Waals surface area (Å²) in [6.07, 6.45) is 2.20. The van der Waals surface area contributed by atoms with Gasteiger partial charge in [-0.1, -0.05) is 31.7 Å². The number of aromatic hydroxyl groups is 1. The van der Waals surface area contributed by atoms with Gasteiger partial charge in [-0.3, -0.25) is 0 Å². The molecule has 0 radical (unpaired) electrons. The molecule has 0 aliphatic rings. The van der Waals surface area contributed by atoms with Gasteiger partial charge < -0.3 is 21.1 Å². The average Bonchev–Trinajstić information content (AvgIpc) is 2.36. The van der Waals surface area contributed by atoms with Crippen LogP contribution in [0.15, 0.2) is 24.3 Å². The molecule has 1 aromatic carbocycles. The van der Waals surface area contributed by atoms with Crippen molar-refractivity contribution < 1.29 is 78.3 Å². The van der Waals surface area contributed by atoms with Crippen LogP contribution in [0.2, 0.25) is 0 Å². The fourth-order valence-electron chi connectivity index (χ4n) is 0.802. The van der Waals surface area contributed by atoms with E-state index in [0.717, 1.165) is 12.1 Å². The zero-order chi connectivity index (χ0) is 13.8. The molecule has 0 spiro atoms. The maximum atomic E-state index is 10.9. The van der Waals surface area contributed by atoms with Crippen LogP contribution in [0.4, 0.5) is 0 Å². The van der Waals surface area contributed by atoms with Crippen LogP contribution in [-0.4, -0.2) is 23.2 Å². The summed E-state index contributed by atoms with van der Waals surface area (Å²) in [5.41, 5.74) is 4.95. The average molecular weight is 326 g/mol. The summed E-state index contributed by atoms with van der Waals surface area (Å²) in [6, 6.07) is 3.84. The summed E-state index contributed by atoms with van der Waals surface area (Å²) in [5, 5.41) is 28.0. The Bertz CT molecular complexity index is 367. The third-order valence-corrected chi connectivity index (χ3v) is 1.40. The Morgan fingerprint density at radius 3 is 2.22 bits per heavy atom. The second kappa shape index (κ2) is 14.9. The maximum Gasteiger partial charge on any atom is 1.00 e. The molecule has 1 aromatic rings. The zero-order valence-electron chi connectivity index (χ0n) is 11.2. The second-order valence-electron chi connectivity index (χ2n) is 2.40. The Morgan fingerprint density at radius 2 is 1.83 bits per heavy atom. The Morgan fingerprint density at radius 1 is 1.33 bits per heavy atom. The third kappa shape index (κ3) is 10.9. The van der Waals surface area contributed by atoms with Crippen LogP contribution in [0.25, 0.3) is 6.08 Å². The summed E-state index contributed by atoms with van der Waals surface area (Å²) < 4.78 is 0.